The number of benzene rings is 1. The Morgan fingerprint density at radius 3 is 2.41 bits per heavy atom. The van der Waals surface area contributed by atoms with E-state index in [1.807, 2.05) is 26.8 Å². The van der Waals surface area contributed by atoms with E-state index in [9.17, 15) is 4.79 Å². The summed E-state index contributed by atoms with van der Waals surface area (Å²) in [4.78, 5) is 21.5. The molecule has 6 heteroatoms. The van der Waals surface area contributed by atoms with Gasteiger partial charge in [-0.05, 0) is 44.4 Å². The standard InChI is InChI=1S/C21H23N5O/c1-5-15-6-8-16(9-7-15)17-11-18(27)24-20-19(17)14(4)25-26(20)21-22-12(2)10-13(3)23-21/h6-10,17H,5,11H2,1-4H3,(H,24,27)/t17-/m0/s1. The summed E-state index contributed by atoms with van der Waals surface area (Å²) in [6.07, 6.45) is 1.41. The van der Waals surface area contributed by atoms with Gasteiger partial charge in [0, 0.05) is 29.3 Å². The van der Waals surface area contributed by atoms with Crippen molar-refractivity contribution >= 4 is 11.7 Å². The lowest BCUT2D eigenvalue weighted by molar-refractivity contribution is -0.116. The number of nitrogens with zero attached hydrogens (tertiary/aromatic N) is 4. The fourth-order valence-electron chi connectivity index (χ4n) is 3.76. The number of carbonyl (C=O) groups excluding carboxylic acids is 1. The zero-order chi connectivity index (χ0) is 19.1. The Morgan fingerprint density at radius 1 is 1.11 bits per heavy atom. The van der Waals surface area contributed by atoms with E-state index in [0.717, 1.165) is 34.6 Å². The summed E-state index contributed by atoms with van der Waals surface area (Å²) in [5.74, 6) is 1.13. The molecule has 138 valence electrons. The predicted molar refractivity (Wildman–Crippen MR) is 104 cm³/mol. The van der Waals surface area contributed by atoms with Gasteiger partial charge >= 0.3 is 0 Å². The number of anilines is 1. The molecule has 0 saturated carbocycles. The first-order chi connectivity index (χ1) is 13.0. The molecule has 1 N–H and O–H groups in total. The first-order valence-electron chi connectivity index (χ1n) is 9.27. The van der Waals surface area contributed by atoms with Gasteiger partial charge in [-0.1, -0.05) is 31.2 Å². The molecule has 4 rings (SSSR count). The van der Waals surface area contributed by atoms with Crippen LogP contribution in [-0.4, -0.2) is 25.7 Å². The number of hydrogen-bond donors (Lipinski definition) is 1. The first-order valence-corrected chi connectivity index (χ1v) is 9.27. The van der Waals surface area contributed by atoms with Crippen LogP contribution in [0.1, 0.15) is 53.0 Å². The van der Waals surface area contributed by atoms with Crippen molar-refractivity contribution in [3.63, 3.8) is 0 Å². The topological polar surface area (TPSA) is 72.7 Å². The van der Waals surface area contributed by atoms with E-state index in [-0.39, 0.29) is 11.8 Å². The van der Waals surface area contributed by atoms with E-state index < -0.39 is 0 Å². The van der Waals surface area contributed by atoms with Gasteiger partial charge in [0.1, 0.15) is 5.82 Å². The third-order valence-corrected chi connectivity index (χ3v) is 5.05. The zero-order valence-electron chi connectivity index (χ0n) is 16.1. The number of hydrogen-bond acceptors (Lipinski definition) is 4. The number of rotatable bonds is 3. The molecule has 3 aromatic rings. The average Bonchev–Trinajstić information content (AvgIpc) is 2.97. The number of aryl methyl sites for hydroxylation is 4. The Morgan fingerprint density at radius 2 is 1.78 bits per heavy atom. The normalized spacial score (nSPS) is 16.1. The quantitative estimate of drug-likeness (QED) is 0.773. The molecule has 1 aromatic carbocycles. The third kappa shape index (κ3) is 3.12. The maximum Gasteiger partial charge on any atom is 0.252 e. The summed E-state index contributed by atoms with van der Waals surface area (Å²) in [5.41, 5.74) is 6.09. The van der Waals surface area contributed by atoms with Crippen LogP contribution in [0.15, 0.2) is 30.3 Å². The van der Waals surface area contributed by atoms with Crippen molar-refractivity contribution in [1.82, 2.24) is 19.7 Å². The van der Waals surface area contributed by atoms with Crippen LogP contribution in [0.2, 0.25) is 0 Å². The van der Waals surface area contributed by atoms with Gasteiger partial charge in [0.2, 0.25) is 5.91 Å². The highest BCUT2D eigenvalue weighted by Crippen LogP contribution is 2.39. The Balaban J connectivity index is 1.85. The average molecular weight is 361 g/mol. The largest absolute Gasteiger partial charge is 0.310 e. The van der Waals surface area contributed by atoms with E-state index in [1.54, 1.807) is 4.68 Å². The fraction of sp³-hybridized carbons (Fsp3) is 0.333. The molecule has 27 heavy (non-hydrogen) atoms. The van der Waals surface area contributed by atoms with Gasteiger partial charge in [-0.15, -0.1) is 0 Å². The van der Waals surface area contributed by atoms with Crippen molar-refractivity contribution in [2.24, 2.45) is 0 Å². The highest BCUT2D eigenvalue weighted by atomic mass is 16.1. The Hall–Kier alpha value is -3.02. The van der Waals surface area contributed by atoms with Crippen LogP contribution in [0.5, 0.6) is 0 Å². The van der Waals surface area contributed by atoms with Crippen molar-refractivity contribution in [2.45, 2.75) is 46.5 Å². The van der Waals surface area contributed by atoms with Crippen molar-refractivity contribution in [3.05, 3.63) is 64.1 Å². The molecule has 1 atom stereocenters. The Kier molecular flexibility index (Phi) is 4.26. The van der Waals surface area contributed by atoms with Crippen molar-refractivity contribution in [3.8, 4) is 5.95 Å². The predicted octanol–water partition coefficient (Wildman–Crippen LogP) is 3.62. The molecule has 3 heterocycles. The minimum atomic E-state index is -0.0161. The number of amides is 1. The molecule has 1 amide bonds. The van der Waals surface area contributed by atoms with Crippen LogP contribution in [-0.2, 0) is 11.2 Å². The maximum absolute atomic E-state index is 12.5. The Bertz CT molecular complexity index is 1000. The monoisotopic (exact) mass is 361 g/mol. The summed E-state index contributed by atoms with van der Waals surface area (Å²) in [6, 6.07) is 10.4. The van der Waals surface area contributed by atoms with Crippen LogP contribution in [0.3, 0.4) is 0 Å². The molecule has 0 fully saturated rings. The fourth-order valence-corrected chi connectivity index (χ4v) is 3.76. The summed E-state index contributed by atoms with van der Waals surface area (Å²) < 4.78 is 1.66. The highest BCUT2D eigenvalue weighted by Gasteiger charge is 2.33. The summed E-state index contributed by atoms with van der Waals surface area (Å²) >= 11 is 0. The van der Waals surface area contributed by atoms with Crippen molar-refractivity contribution in [1.29, 1.82) is 0 Å². The summed E-state index contributed by atoms with van der Waals surface area (Å²) in [7, 11) is 0. The summed E-state index contributed by atoms with van der Waals surface area (Å²) in [5, 5.41) is 7.66. The van der Waals surface area contributed by atoms with Gasteiger partial charge in [-0.2, -0.15) is 9.78 Å². The van der Waals surface area contributed by atoms with Gasteiger partial charge in [-0.25, -0.2) is 9.97 Å². The zero-order valence-corrected chi connectivity index (χ0v) is 16.1. The summed E-state index contributed by atoms with van der Waals surface area (Å²) in [6.45, 7) is 7.97. The van der Waals surface area contributed by atoms with Gasteiger partial charge < -0.3 is 5.32 Å². The maximum atomic E-state index is 12.5. The number of nitrogens with one attached hydrogen (secondary N) is 1. The van der Waals surface area contributed by atoms with E-state index in [0.29, 0.717) is 18.2 Å². The highest BCUT2D eigenvalue weighted by molar-refractivity contribution is 5.95. The molecule has 6 nitrogen and oxygen atoms in total. The Labute approximate surface area is 158 Å². The van der Waals surface area contributed by atoms with Crippen LogP contribution in [0, 0.1) is 20.8 Å². The number of carbonyl (C=O) groups is 1. The van der Waals surface area contributed by atoms with E-state index in [2.05, 4.69) is 51.6 Å². The minimum Gasteiger partial charge on any atom is -0.310 e. The van der Waals surface area contributed by atoms with Gasteiger partial charge in [-0.3, -0.25) is 4.79 Å². The number of aromatic nitrogens is 4. The van der Waals surface area contributed by atoms with Crippen LogP contribution < -0.4 is 5.32 Å². The molecule has 0 unspecified atom stereocenters. The van der Waals surface area contributed by atoms with Gasteiger partial charge in [0.05, 0.1) is 5.69 Å². The number of fused-ring (bicyclic) bond motifs is 1. The molecule has 0 spiro atoms. The second-order valence-electron chi connectivity index (χ2n) is 7.11. The molecule has 0 aliphatic carbocycles. The molecule has 2 aromatic heterocycles. The molecular weight excluding hydrogens is 338 g/mol. The SMILES string of the molecule is CCc1ccc([C@@H]2CC(=O)Nc3c2c(C)nn3-c2nc(C)cc(C)n2)cc1. The molecule has 1 aliphatic heterocycles. The van der Waals surface area contributed by atoms with Crippen LogP contribution in [0.4, 0.5) is 5.82 Å². The molecule has 0 bridgehead atoms. The van der Waals surface area contributed by atoms with Crippen LogP contribution in [0.25, 0.3) is 5.95 Å². The molecule has 0 radical (unpaired) electrons. The van der Waals surface area contributed by atoms with E-state index in [1.165, 1.54) is 5.56 Å². The molecule has 0 saturated heterocycles. The van der Waals surface area contributed by atoms with Crippen molar-refractivity contribution in [2.75, 3.05) is 5.32 Å². The first kappa shape index (κ1) is 17.4. The van der Waals surface area contributed by atoms with Gasteiger partial charge in [0.25, 0.3) is 5.95 Å². The van der Waals surface area contributed by atoms with Crippen molar-refractivity contribution < 1.29 is 4.79 Å². The second kappa shape index (κ2) is 6.61. The lowest BCUT2D eigenvalue weighted by atomic mass is 9.85. The van der Waals surface area contributed by atoms with Crippen LogP contribution >= 0.6 is 0 Å². The molecular formula is C21H23N5O. The van der Waals surface area contributed by atoms with E-state index in [4.69, 9.17) is 0 Å². The second-order valence-corrected chi connectivity index (χ2v) is 7.11. The third-order valence-electron chi connectivity index (χ3n) is 5.05. The van der Waals surface area contributed by atoms with E-state index >= 15 is 0 Å². The minimum absolute atomic E-state index is 0.0145. The molecule has 1 aliphatic rings. The van der Waals surface area contributed by atoms with Gasteiger partial charge in [0.15, 0.2) is 0 Å². The lowest BCUT2D eigenvalue weighted by Crippen LogP contribution is -2.25. The smallest absolute Gasteiger partial charge is 0.252 e. The lowest BCUT2D eigenvalue weighted by Gasteiger charge is -2.24.